The van der Waals surface area contributed by atoms with E-state index in [1.54, 1.807) is 10.9 Å². The Morgan fingerprint density at radius 3 is 2.69 bits per heavy atom. The molecule has 3 N–H and O–H groups in total. The molecule has 3 heterocycles. The fraction of sp³-hybridized carbons (Fsp3) is 0.381. The van der Waals surface area contributed by atoms with Gasteiger partial charge in [-0.3, -0.25) is 9.48 Å². The number of carbonyl (C=O) groups is 1. The van der Waals surface area contributed by atoms with Crippen molar-refractivity contribution in [3.05, 3.63) is 41.7 Å². The van der Waals surface area contributed by atoms with Gasteiger partial charge in [-0.15, -0.1) is 0 Å². The van der Waals surface area contributed by atoms with Crippen molar-refractivity contribution in [3.63, 3.8) is 0 Å². The van der Waals surface area contributed by atoms with Gasteiger partial charge in [-0.05, 0) is 25.6 Å². The van der Waals surface area contributed by atoms with Crippen molar-refractivity contribution >= 4 is 33.8 Å². The maximum atomic E-state index is 14.1. The maximum absolute atomic E-state index is 14.1. The zero-order chi connectivity index (χ0) is 23.0. The monoisotopic (exact) mass is 461 g/mol. The minimum Gasteiger partial charge on any atom is -0.389 e. The molecule has 1 fully saturated rings. The van der Waals surface area contributed by atoms with Crippen LogP contribution in [-0.4, -0.2) is 58.3 Å². The smallest absolute Gasteiger partial charge is 0.277 e. The van der Waals surface area contributed by atoms with Crippen LogP contribution in [0, 0.1) is 11.6 Å². The molecule has 1 atom stereocenters. The Kier molecular flexibility index (Phi) is 6.11. The highest BCUT2D eigenvalue weighted by Gasteiger charge is 2.29. The molecular formula is C21H25F2N7OS. The molecule has 1 aliphatic rings. The van der Waals surface area contributed by atoms with Crippen molar-refractivity contribution in [1.29, 1.82) is 0 Å². The van der Waals surface area contributed by atoms with Crippen LogP contribution in [0.3, 0.4) is 0 Å². The highest BCUT2D eigenvalue weighted by atomic mass is 32.1. The van der Waals surface area contributed by atoms with Crippen LogP contribution in [0.4, 0.5) is 25.3 Å². The molecule has 1 aromatic carbocycles. The lowest BCUT2D eigenvalue weighted by Crippen LogP contribution is -2.52. The number of likely N-dealkylation sites (N-methyl/N-ethyl adjacent to an activating group) is 1. The molecule has 0 saturated carbocycles. The van der Waals surface area contributed by atoms with Gasteiger partial charge in [-0.2, -0.15) is 5.10 Å². The number of aromatic nitrogens is 3. The van der Waals surface area contributed by atoms with Crippen LogP contribution in [0.5, 0.6) is 0 Å². The molecule has 1 saturated heterocycles. The molecule has 1 unspecified atom stereocenters. The van der Waals surface area contributed by atoms with Crippen molar-refractivity contribution < 1.29 is 13.6 Å². The van der Waals surface area contributed by atoms with Crippen molar-refractivity contribution in [1.82, 2.24) is 19.7 Å². The van der Waals surface area contributed by atoms with E-state index in [1.165, 1.54) is 6.07 Å². The van der Waals surface area contributed by atoms with Crippen LogP contribution < -0.4 is 16.0 Å². The van der Waals surface area contributed by atoms with E-state index >= 15 is 0 Å². The first kappa shape index (κ1) is 22.2. The van der Waals surface area contributed by atoms with Gasteiger partial charge in [-0.25, -0.2) is 13.8 Å². The molecule has 11 heteroatoms. The number of nitrogens with zero attached hydrogens (tertiary/aromatic N) is 5. The number of halogens is 2. The largest absolute Gasteiger partial charge is 0.389 e. The third-order valence-corrected chi connectivity index (χ3v) is 6.53. The molecule has 8 nitrogen and oxygen atoms in total. The van der Waals surface area contributed by atoms with Crippen LogP contribution in [0.2, 0.25) is 0 Å². The summed E-state index contributed by atoms with van der Waals surface area (Å²) in [6.45, 7) is 4.73. The van der Waals surface area contributed by atoms with Crippen molar-refractivity contribution in [2.45, 2.75) is 19.4 Å². The highest BCUT2D eigenvalue weighted by Crippen LogP contribution is 2.35. The normalized spacial score (nSPS) is 17.0. The Balaban J connectivity index is 1.62. The highest BCUT2D eigenvalue weighted by molar-refractivity contribution is 7.19. The van der Waals surface area contributed by atoms with Crippen LogP contribution in [-0.2, 0) is 7.05 Å². The Morgan fingerprint density at radius 1 is 1.28 bits per heavy atom. The molecule has 0 aliphatic carbocycles. The van der Waals surface area contributed by atoms with Gasteiger partial charge < -0.3 is 20.9 Å². The number of hydrogen-bond acceptors (Lipinski definition) is 7. The van der Waals surface area contributed by atoms with Crippen molar-refractivity contribution in [2.24, 2.45) is 7.05 Å². The molecule has 32 heavy (non-hydrogen) atoms. The van der Waals surface area contributed by atoms with Gasteiger partial charge >= 0.3 is 0 Å². The lowest BCUT2D eigenvalue weighted by Gasteiger charge is -2.41. The Bertz CT molecular complexity index is 1130. The summed E-state index contributed by atoms with van der Waals surface area (Å²) in [5.41, 5.74) is 6.15. The van der Waals surface area contributed by atoms with Crippen LogP contribution in [0.1, 0.15) is 23.8 Å². The Labute approximate surface area is 188 Å². The molecule has 4 rings (SSSR count). The van der Waals surface area contributed by atoms with Gasteiger partial charge in [0.25, 0.3) is 5.91 Å². The predicted octanol–water partition coefficient (Wildman–Crippen LogP) is 3.19. The number of nitrogen functional groups attached to an aromatic ring is 1. The lowest BCUT2D eigenvalue weighted by atomic mass is 10.1. The quantitative estimate of drug-likeness (QED) is 0.606. The second-order valence-corrected chi connectivity index (χ2v) is 8.84. The molecule has 1 aliphatic heterocycles. The Hall–Kier alpha value is -3.05. The molecular weight excluding hydrogens is 436 g/mol. The molecule has 0 radical (unpaired) electrons. The fourth-order valence-electron chi connectivity index (χ4n) is 3.98. The van der Waals surface area contributed by atoms with E-state index < -0.39 is 17.5 Å². The SMILES string of the molecule is CCC1CN(C)CCN1c1c(NC(=O)c2nc(-c3c(F)cccc3F)sc2N)cnn1C. The van der Waals surface area contributed by atoms with Gasteiger partial charge in [0, 0.05) is 32.7 Å². The minimum absolute atomic E-state index is 0.0137. The van der Waals surface area contributed by atoms with E-state index in [0.717, 1.165) is 55.3 Å². The number of piperazine rings is 1. The van der Waals surface area contributed by atoms with Crippen molar-refractivity contribution in [3.8, 4) is 10.6 Å². The minimum atomic E-state index is -0.763. The summed E-state index contributed by atoms with van der Waals surface area (Å²) in [6.07, 6.45) is 2.53. The number of hydrogen-bond donors (Lipinski definition) is 2. The van der Waals surface area contributed by atoms with Gasteiger partial charge in [-0.1, -0.05) is 24.3 Å². The molecule has 3 aromatic rings. The standard InChI is InChI=1S/C21H25F2N7OS/c1-4-12-11-28(2)8-9-30(12)21-15(10-25-29(21)3)26-19(31)17-18(24)32-20(27-17)16-13(22)6-5-7-14(16)23/h5-7,10,12H,4,8-9,11,24H2,1-3H3,(H,26,31). The first-order valence-corrected chi connectivity index (χ1v) is 11.1. The zero-order valence-electron chi connectivity index (χ0n) is 18.1. The van der Waals surface area contributed by atoms with Crippen molar-refractivity contribution in [2.75, 3.05) is 42.6 Å². The number of rotatable bonds is 5. The number of aryl methyl sites for hydroxylation is 1. The van der Waals surface area contributed by atoms with E-state index in [2.05, 4.69) is 39.2 Å². The number of nitrogens with one attached hydrogen (secondary N) is 1. The predicted molar refractivity (Wildman–Crippen MR) is 122 cm³/mol. The maximum Gasteiger partial charge on any atom is 0.277 e. The number of carbonyl (C=O) groups excluding carboxylic acids is 1. The summed E-state index contributed by atoms with van der Waals surface area (Å²) >= 11 is 0.865. The summed E-state index contributed by atoms with van der Waals surface area (Å²) in [4.78, 5) is 21.7. The molecule has 0 bridgehead atoms. The molecule has 0 spiro atoms. The fourth-order valence-corrected chi connectivity index (χ4v) is 4.86. The third-order valence-electron chi connectivity index (χ3n) is 5.63. The molecule has 170 valence electrons. The summed E-state index contributed by atoms with van der Waals surface area (Å²) < 4.78 is 30.0. The topological polar surface area (TPSA) is 92.3 Å². The number of amides is 1. The average molecular weight is 462 g/mol. The first-order valence-electron chi connectivity index (χ1n) is 10.3. The van der Waals surface area contributed by atoms with E-state index in [1.807, 2.05) is 7.05 Å². The second-order valence-electron chi connectivity index (χ2n) is 7.81. The summed E-state index contributed by atoms with van der Waals surface area (Å²) in [7, 11) is 3.92. The average Bonchev–Trinajstić information content (AvgIpc) is 3.30. The van der Waals surface area contributed by atoms with E-state index in [4.69, 9.17) is 5.73 Å². The molecule has 1 amide bonds. The van der Waals surface area contributed by atoms with Crippen LogP contribution >= 0.6 is 11.3 Å². The van der Waals surface area contributed by atoms with E-state index in [-0.39, 0.29) is 27.3 Å². The lowest BCUT2D eigenvalue weighted by molar-refractivity contribution is 0.102. The molecule has 2 aromatic heterocycles. The zero-order valence-corrected chi connectivity index (χ0v) is 18.9. The van der Waals surface area contributed by atoms with E-state index in [0.29, 0.717) is 5.69 Å². The number of nitrogens with two attached hydrogens (primary N) is 1. The number of benzene rings is 1. The second kappa shape index (κ2) is 8.83. The number of thiazole rings is 1. The summed E-state index contributed by atoms with van der Waals surface area (Å²) in [5.74, 6) is -1.28. The van der Waals surface area contributed by atoms with Crippen LogP contribution in [0.25, 0.3) is 10.6 Å². The van der Waals surface area contributed by atoms with Gasteiger partial charge in [0.2, 0.25) is 0 Å². The first-order chi connectivity index (χ1) is 15.3. The van der Waals surface area contributed by atoms with Gasteiger partial charge in [0.1, 0.15) is 27.3 Å². The van der Waals surface area contributed by atoms with E-state index in [9.17, 15) is 13.6 Å². The number of anilines is 3. The third kappa shape index (κ3) is 4.05. The van der Waals surface area contributed by atoms with Crippen LogP contribution in [0.15, 0.2) is 24.4 Å². The Morgan fingerprint density at radius 2 is 2.00 bits per heavy atom. The summed E-state index contributed by atoms with van der Waals surface area (Å²) in [6, 6.07) is 3.82. The summed E-state index contributed by atoms with van der Waals surface area (Å²) in [5, 5.41) is 7.25. The van der Waals surface area contributed by atoms with Gasteiger partial charge in [0.15, 0.2) is 11.5 Å². The van der Waals surface area contributed by atoms with Gasteiger partial charge in [0.05, 0.1) is 11.8 Å².